The van der Waals surface area contributed by atoms with Crippen molar-refractivity contribution in [1.29, 1.82) is 0 Å². The molecular formula is C15H16N4OS. The van der Waals surface area contributed by atoms with E-state index in [4.69, 9.17) is 5.73 Å². The molecule has 2 aromatic rings. The van der Waals surface area contributed by atoms with Crippen LogP contribution in [0.4, 0.5) is 0 Å². The van der Waals surface area contributed by atoms with Gasteiger partial charge in [-0.3, -0.25) is 4.79 Å². The summed E-state index contributed by atoms with van der Waals surface area (Å²) in [5.74, 6) is 5.40. The SMILES string of the molecule is CCC(NC(=O)c1ccc(C#CCN)cn1)c1nccs1. The van der Waals surface area contributed by atoms with Crippen LogP contribution >= 0.6 is 11.3 Å². The number of thiazole rings is 1. The van der Waals surface area contributed by atoms with Crippen LogP contribution in [0.15, 0.2) is 29.9 Å². The van der Waals surface area contributed by atoms with Gasteiger partial charge in [-0.2, -0.15) is 0 Å². The van der Waals surface area contributed by atoms with Crippen LogP contribution in [0.5, 0.6) is 0 Å². The number of hydrogen-bond donors (Lipinski definition) is 2. The highest BCUT2D eigenvalue weighted by Gasteiger charge is 2.16. The van der Waals surface area contributed by atoms with E-state index >= 15 is 0 Å². The van der Waals surface area contributed by atoms with E-state index in [9.17, 15) is 4.79 Å². The van der Waals surface area contributed by atoms with Gasteiger partial charge in [-0.25, -0.2) is 9.97 Å². The molecule has 5 nitrogen and oxygen atoms in total. The third kappa shape index (κ3) is 4.12. The van der Waals surface area contributed by atoms with Gasteiger partial charge in [-0.15, -0.1) is 11.3 Å². The summed E-state index contributed by atoms with van der Waals surface area (Å²) in [6, 6.07) is 3.33. The lowest BCUT2D eigenvalue weighted by molar-refractivity contribution is 0.0930. The Morgan fingerprint density at radius 1 is 1.48 bits per heavy atom. The summed E-state index contributed by atoms with van der Waals surface area (Å²) in [6.07, 6.45) is 4.08. The Labute approximate surface area is 127 Å². The molecule has 0 radical (unpaired) electrons. The molecule has 3 N–H and O–H groups in total. The topological polar surface area (TPSA) is 80.9 Å². The minimum absolute atomic E-state index is 0.0870. The number of carbonyl (C=O) groups excluding carboxylic acids is 1. The van der Waals surface area contributed by atoms with Gasteiger partial charge in [-0.1, -0.05) is 18.8 Å². The van der Waals surface area contributed by atoms with Crippen LogP contribution in [-0.2, 0) is 0 Å². The van der Waals surface area contributed by atoms with Gasteiger partial charge < -0.3 is 11.1 Å². The highest BCUT2D eigenvalue weighted by molar-refractivity contribution is 7.09. The molecule has 2 heterocycles. The van der Waals surface area contributed by atoms with E-state index in [0.29, 0.717) is 12.2 Å². The zero-order chi connectivity index (χ0) is 15.1. The van der Waals surface area contributed by atoms with Crippen LogP contribution in [0.25, 0.3) is 0 Å². The average Bonchev–Trinajstić information content (AvgIpc) is 3.05. The Hall–Kier alpha value is -2.23. The molecule has 1 unspecified atom stereocenters. The molecule has 21 heavy (non-hydrogen) atoms. The summed E-state index contributed by atoms with van der Waals surface area (Å²) in [7, 11) is 0. The van der Waals surface area contributed by atoms with E-state index in [0.717, 1.165) is 17.0 Å². The van der Waals surface area contributed by atoms with Crippen LogP contribution in [0, 0.1) is 11.8 Å². The molecule has 0 aliphatic carbocycles. The first kappa shape index (κ1) is 15.2. The predicted octanol–water partition coefficient (Wildman–Crippen LogP) is 1.73. The van der Waals surface area contributed by atoms with E-state index in [1.807, 2.05) is 12.3 Å². The summed E-state index contributed by atoms with van der Waals surface area (Å²) in [6.45, 7) is 2.31. The number of hydrogen-bond acceptors (Lipinski definition) is 5. The minimum atomic E-state index is -0.213. The maximum atomic E-state index is 12.2. The fraction of sp³-hybridized carbons (Fsp3) is 0.267. The van der Waals surface area contributed by atoms with Gasteiger partial charge in [0, 0.05) is 23.3 Å². The van der Waals surface area contributed by atoms with Crippen molar-refractivity contribution in [1.82, 2.24) is 15.3 Å². The average molecular weight is 300 g/mol. The summed E-state index contributed by atoms with van der Waals surface area (Å²) in [4.78, 5) is 20.5. The molecule has 2 rings (SSSR count). The normalized spacial score (nSPS) is 11.3. The van der Waals surface area contributed by atoms with Crippen LogP contribution in [-0.4, -0.2) is 22.4 Å². The molecule has 6 heteroatoms. The lowest BCUT2D eigenvalue weighted by Gasteiger charge is -2.13. The number of nitrogens with two attached hydrogens (primary N) is 1. The quantitative estimate of drug-likeness (QED) is 0.843. The lowest BCUT2D eigenvalue weighted by Crippen LogP contribution is -2.28. The van der Waals surface area contributed by atoms with Crippen molar-refractivity contribution in [2.45, 2.75) is 19.4 Å². The van der Waals surface area contributed by atoms with Gasteiger partial charge >= 0.3 is 0 Å². The van der Waals surface area contributed by atoms with Crippen molar-refractivity contribution in [2.24, 2.45) is 5.73 Å². The van der Waals surface area contributed by atoms with Crippen molar-refractivity contribution >= 4 is 17.2 Å². The molecule has 1 atom stereocenters. The maximum Gasteiger partial charge on any atom is 0.270 e. The van der Waals surface area contributed by atoms with Gasteiger partial charge in [-0.05, 0) is 18.6 Å². The molecule has 0 fully saturated rings. The molecule has 0 saturated heterocycles. The Balaban J connectivity index is 2.06. The lowest BCUT2D eigenvalue weighted by atomic mass is 10.2. The first-order valence-electron chi connectivity index (χ1n) is 6.59. The standard InChI is InChI=1S/C15H16N4OS/c1-2-12(15-17-8-9-21-15)19-14(20)13-6-5-11(10-18-13)4-3-7-16/h5-6,8-10,12H,2,7,16H2,1H3,(H,19,20). The zero-order valence-electron chi connectivity index (χ0n) is 11.7. The molecule has 108 valence electrons. The molecular weight excluding hydrogens is 284 g/mol. The van der Waals surface area contributed by atoms with E-state index in [1.165, 1.54) is 11.3 Å². The second-order valence-corrected chi connectivity index (χ2v) is 5.17. The van der Waals surface area contributed by atoms with Crippen LogP contribution in [0.3, 0.4) is 0 Å². The molecule has 0 aromatic carbocycles. The highest BCUT2D eigenvalue weighted by atomic mass is 32.1. The second kappa shape index (κ2) is 7.53. The molecule has 0 bridgehead atoms. The van der Waals surface area contributed by atoms with Crippen LogP contribution in [0.2, 0.25) is 0 Å². The number of rotatable bonds is 4. The number of aromatic nitrogens is 2. The Morgan fingerprint density at radius 2 is 2.33 bits per heavy atom. The van der Waals surface area contributed by atoms with E-state index in [1.54, 1.807) is 24.5 Å². The van der Waals surface area contributed by atoms with Crippen molar-refractivity contribution in [2.75, 3.05) is 6.54 Å². The van der Waals surface area contributed by atoms with E-state index < -0.39 is 0 Å². The molecule has 0 aliphatic heterocycles. The first-order valence-corrected chi connectivity index (χ1v) is 7.47. The number of nitrogens with one attached hydrogen (secondary N) is 1. The molecule has 0 spiro atoms. The fourth-order valence-electron chi connectivity index (χ4n) is 1.73. The predicted molar refractivity (Wildman–Crippen MR) is 82.8 cm³/mol. The summed E-state index contributed by atoms with van der Waals surface area (Å²) < 4.78 is 0. The van der Waals surface area contributed by atoms with Crippen LogP contribution in [0.1, 0.15) is 40.4 Å². The monoisotopic (exact) mass is 300 g/mol. The van der Waals surface area contributed by atoms with E-state index in [2.05, 4.69) is 27.1 Å². The largest absolute Gasteiger partial charge is 0.341 e. The number of carbonyl (C=O) groups is 1. The first-order chi connectivity index (χ1) is 10.2. The summed E-state index contributed by atoms with van der Waals surface area (Å²) >= 11 is 1.53. The smallest absolute Gasteiger partial charge is 0.270 e. The number of pyridine rings is 1. The van der Waals surface area contributed by atoms with E-state index in [-0.39, 0.29) is 11.9 Å². The summed E-state index contributed by atoms with van der Waals surface area (Å²) in [5, 5.41) is 5.73. The van der Waals surface area contributed by atoms with Crippen molar-refractivity contribution in [3.63, 3.8) is 0 Å². The molecule has 2 aromatic heterocycles. The van der Waals surface area contributed by atoms with Crippen LogP contribution < -0.4 is 11.1 Å². The third-order valence-electron chi connectivity index (χ3n) is 2.79. The number of nitrogens with zero attached hydrogens (tertiary/aromatic N) is 2. The Morgan fingerprint density at radius 3 is 2.90 bits per heavy atom. The Kier molecular flexibility index (Phi) is 5.43. The number of amides is 1. The Bertz CT molecular complexity index is 641. The van der Waals surface area contributed by atoms with Gasteiger partial charge in [0.2, 0.25) is 0 Å². The highest BCUT2D eigenvalue weighted by Crippen LogP contribution is 2.19. The van der Waals surface area contributed by atoms with Gasteiger partial charge in [0.15, 0.2) is 0 Å². The second-order valence-electron chi connectivity index (χ2n) is 4.24. The summed E-state index contributed by atoms with van der Waals surface area (Å²) in [5.41, 5.74) is 6.41. The van der Waals surface area contributed by atoms with Crippen molar-refractivity contribution in [3.8, 4) is 11.8 Å². The molecule has 0 aliphatic rings. The van der Waals surface area contributed by atoms with Gasteiger partial charge in [0.25, 0.3) is 5.91 Å². The van der Waals surface area contributed by atoms with Gasteiger partial charge in [0.05, 0.1) is 12.6 Å². The minimum Gasteiger partial charge on any atom is -0.341 e. The zero-order valence-corrected chi connectivity index (χ0v) is 12.5. The third-order valence-corrected chi connectivity index (χ3v) is 3.68. The fourth-order valence-corrected chi connectivity index (χ4v) is 2.51. The van der Waals surface area contributed by atoms with Gasteiger partial charge in [0.1, 0.15) is 10.7 Å². The molecule has 0 saturated carbocycles. The van der Waals surface area contributed by atoms with Crippen molar-refractivity contribution in [3.05, 3.63) is 46.2 Å². The van der Waals surface area contributed by atoms with Crippen molar-refractivity contribution < 1.29 is 4.79 Å². The molecule has 1 amide bonds. The maximum absolute atomic E-state index is 12.2.